The normalized spacial score (nSPS) is 11.8. The van der Waals surface area contributed by atoms with Crippen LogP contribution in [0.2, 0.25) is 5.02 Å². The summed E-state index contributed by atoms with van der Waals surface area (Å²) in [5.74, 6) is -0.174. The van der Waals surface area contributed by atoms with Crippen molar-refractivity contribution in [2.45, 2.75) is 20.0 Å². The number of imidazole rings is 1. The van der Waals surface area contributed by atoms with E-state index in [2.05, 4.69) is 15.3 Å². The first-order valence-corrected chi connectivity index (χ1v) is 10.7. The molecule has 4 rings (SSSR count). The van der Waals surface area contributed by atoms with Crippen LogP contribution in [0, 0.1) is 6.92 Å². The Bertz CT molecular complexity index is 1320. The highest BCUT2D eigenvalue weighted by Crippen LogP contribution is 2.31. The van der Waals surface area contributed by atoms with Crippen LogP contribution in [0.25, 0.3) is 22.4 Å². The second-order valence-corrected chi connectivity index (χ2v) is 7.89. The monoisotopic (exact) mass is 463 g/mol. The lowest BCUT2D eigenvalue weighted by molar-refractivity contribution is -0.123. The molecule has 3 aromatic carbocycles. The number of esters is 1. The second kappa shape index (κ2) is 9.34. The number of rotatable bonds is 6. The first kappa shape index (κ1) is 22.4. The van der Waals surface area contributed by atoms with Gasteiger partial charge in [-0.3, -0.25) is 4.79 Å². The molecule has 0 aliphatic carbocycles. The second-order valence-electron chi connectivity index (χ2n) is 7.49. The van der Waals surface area contributed by atoms with Crippen LogP contribution in [0.3, 0.4) is 0 Å². The van der Waals surface area contributed by atoms with Gasteiger partial charge in [-0.25, -0.2) is 9.78 Å². The first-order valence-electron chi connectivity index (χ1n) is 10.3. The van der Waals surface area contributed by atoms with Crippen molar-refractivity contribution in [1.29, 1.82) is 0 Å². The number of anilines is 1. The van der Waals surface area contributed by atoms with E-state index in [9.17, 15) is 9.59 Å². The Labute approximate surface area is 195 Å². The highest BCUT2D eigenvalue weighted by atomic mass is 35.5. The van der Waals surface area contributed by atoms with Gasteiger partial charge in [0.2, 0.25) is 0 Å². The van der Waals surface area contributed by atoms with Gasteiger partial charge in [-0.15, -0.1) is 0 Å². The van der Waals surface area contributed by atoms with E-state index in [-0.39, 0.29) is 0 Å². The number of ether oxygens (including phenoxy) is 2. The number of hydrogen-bond acceptors (Lipinski definition) is 5. The van der Waals surface area contributed by atoms with Gasteiger partial charge >= 0.3 is 5.97 Å². The number of nitrogens with zero attached hydrogens (tertiary/aromatic N) is 1. The molecule has 0 bridgehead atoms. The van der Waals surface area contributed by atoms with Gasteiger partial charge in [0.1, 0.15) is 11.6 Å². The first-order chi connectivity index (χ1) is 15.9. The van der Waals surface area contributed by atoms with Crippen molar-refractivity contribution in [3.05, 3.63) is 76.8 Å². The van der Waals surface area contributed by atoms with Crippen LogP contribution in [-0.2, 0) is 9.53 Å². The summed E-state index contributed by atoms with van der Waals surface area (Å²) in [5, 5.41) is 3.25. The van der Waals surface area contributed by atoms with E-state index in [0.29, 0.717) is 33.4 Å². The minimum Gasteiger partial charge on any atom is -0.495 e. The highest BCUT2D eigenvalue weighted by molar-refractivity contribution is 6.31. The van der Waals surface area contributed by atoms with Crippen molar-refractivity contribution in [2.24, 2.45) is 0 Å². The largest absolute Gasteiger partial charge is 0.495 e. The van der Waals surface area contributed by atoms with Crippen LogP contribution in [0.4, 0.5) is 5.69 Å². The molecular weight excluding hydrogens is 442 g/mol. The van der Waals surface area contributed by atoms with E-state index < -0.39 is 18.0 Å². The zero-order valence-electron chi connectivity index (χ0n) is 18.3. The zero-order valence-corrected chi connectivity index (χ0v) is 19.1. The van der Waals surface area contributed by atoms with E-state index in [0.717, 1.165) is 16.6 Å². The topological polar surface area (TPSA) is 93.3 Å². The third-order valence-electron chi connectivity index (χ3n) is 5.18. The third-order valence-corrected chi connectivity index (χ3v) is 5.59. The molecule has 8 heteroatoms. The molecule has 1 aromatic heterocycles. The van der Waals surface area contributed by atoms with E-state index >= 15 is 0 Å². The number of aryl methyl sites for hydroxylation is 1. The number of fused-ring (bicyclic) bond motifs is 1. The number of para-hydroxylation sites is 2. The Balaban J connectivity index is 1.53. The summed E-state index contributed by atoms with van der Waals surface area (Å²) in [5.41, 5.74) is 3.75. The number of benzene rings is 3. The summed E-state index contributed by atoms with van der Waals surface area (Å²) in [6.45, 7) is 3.32. The van der Waals surface area contributed by atoms with Crippen molar-refractivity contribution in [2.75, 3.05) is 12.4 Å². The number of methoxy groups -OCH3 is 1. The number of halogens is 1. The Morgan fingerprint density at radius 1 is 1.09 bits per heavy atom. The van der Waals surface area contributed by atoms with Crippen LogP contribution in [0.5, 0.6) is 5.75 Å². The van der Waals surface area contributed by atoms with E-state index in [1.807, 2.05) is 37.3 Å². The quantitative estimate of drug-likeness (QED) is 0.374. The maximum absolute atomic E-state index is 13.0. The summed E-state index contributed by atoms with van der Waals surface area (Å²) in [7, 11) is 1.48. The van der Waals surface area contributed by atoms with Crippen LogP contribution in [-0.4, -0.2) is 35.1 Å². The lowest BCUT2D eigenvalue weighted by Crippen LogP contribution is -2.30. The lowest BCUT2D eigenvalue weighted by atomic mass is 10.1. The van der Waals surface area contributed by atoms with Gasteiger partial charge in [0, 0.05) is 16.7 Å². The van der Waals surface area contributed by atoms with Gasteiger partial charge < -0.3 is 19.8 Å². The molecule has 7 nitrogen and oxygen atoms in total. The average Bonchev–Trinajstić information content (AvgIpc) is 3.25. The van der Waals surface area contributed by atoms with Gasteiger partial charge in [0.15, 0.2) is 6.10 Å². The van der Waals surface area contributed by atoms with Gasteiger partial charge in [0.25, 0.3) is 5.91 Å². The predicted octanol–water partition coefficient (Wildman–Crippen LogP) is 5.38. The summed E-state index contributed by atoms with van der Waals surface area (Å²) in [6.07, 6.45) is -1.05. The predicted molar refractivity (Wildman–Crippen MR) is 128 cm³/mol. The highest BCUT2D eigenvalue weighted by Gasteiger charge is 2.23. The molecule has 0 aliphatic rings. The Morgan fingerprint density at radius 3 is 2.58 bits per heavy atom. The molecule has 0 fully saturated rings. The number of aromatic nitrogens is 2. The van der Waals surface area contributed by atoms with Crippen LogP contribution < -0.4 is 10.1 Å². The third kappa shape index (κ3) is 4.68. The summed E-state index contributed by atoms with van der Waals surface area (Å²) in [6, 6.07) is 17.9. The number of hydrogen-bond donors (Lipinski definition) is 2. The molecule has 0 radical (unpaired) electrons. The average molecular weight is 464 g/mol. The van der Waals surface area contributed by atoms with Crippen molar-refractivity contribution < 1.29 is 19.1 Å². The van der Waals surface area contributed by atoms with Crippen LogP contribution in [0.1, 0.15) is 22.8 Å². The van der Waals surface area contributed by atoms with Crippen molar-refractivity contribution in [1.82, 2.24) is 9.97 Å². The molecule has 1 unspecified atom stereocenters. The Hall–Kier alpha value is -3.84. The molecule has 1 heterocycles. The maximum atomic E-state index is 13.0. The van der Waals surface area contributed by atoms with Crippen LogP contribution >= 0.6 is 11.6 Å². The van der Waals surface area contributed by atoms with E-state index in [1.54, 1.807) is 30.3 Å². The molecule has 2 N–H and O–H groups in total. The van der Waals surface area contributed by atoms with E-state index in [4.69, 9.17) is 21.1 Å². The molecule has 0 saturated carbocycles. The number of nitrogens with one attached hydrogen (secondary N) is 2. The number of carbonyl (C=O) groups excluding carboxylic acids is 2. The molecule has 1 amide bonds. The Morgan fingerprint density at radius 2 is 1.82 bits per heavy atom. The smallest absolute Gasteiger partial charge is 0.339 e. The summed E-state index contributed by atoms with van der Waals surface area (Å²) < 4.78 is 10.8. The molecule has 4 aromatic rings. The summed E-state index contributed by atoms with van der Waals surface area (Å²) in [4.78, 5) is 33.5. The number of carbonyl (C=O) groups is 2. The molecule has 0 aliphatic heterocycles. The minimum atomic E-state index is -1.05. The fourth-order valence-corrected chi connectivity index (χ4v) is 3.54. The SMILES string of the molecule is COc1cc(Cl)c(C)cc1NC(=O)C(C)OC(=O)c1ccccc1-c1nc2ccccc2[nH]1. The van der Waals surface area contributed by atoms with Crippen molar-refractivity contribution in [3.63, 3.8) is 0 Å². The number of H-pyrrole nitrogens is 1. The lowest BCUT2D eigenvalue weighted by Gasteiger charge is -2.17. The molecule has 1 atom stereocenters. The van der Waals surface area contributed by atoms with Gasteiger partial charge in [-0.2, -0.15) is 0 Å². The van der Waals surface area contributed by atoms with Gasteiger partial charge in [0.05, 0.1) is 29.4 Å². The summed E-state index contributed by atoms with van der Waals surface area (Å²) >= 11 is 6.12. The molecule has 0 saturated heterocycles. The molecule has 33 heavy (non-hydrogen) atoms. The molecule has 168 valence electrons. The number of amides is 1. The fraction of sp³-hybridized carbons (Fsp3) is 0.160. The Kier molecular flexibility index (Phi) is 6.33. The van der Waals surface area contributed by atoms with E-state index in [1.165, 1.54) is 14.0 Å². The van der Waals surface area contributed by atoms with Crippen molar-refractivity contribution in [3.8, 4) is 17.1 Å². The standard InChI is InChI=1S/C25H22ClN3O4/c1-14-12-21(22(32-3)13-18(14)26)29-24(30)15(2)33-25(31)17-9-5-4-8-16(17)23-27-19-10-6-7-11-20(19)28-23/h4-13,15H,1-3H3,(H,27,28)(H,29,30). The van der Waals surface area contributed by atoms with Gasteiger partial charge in [-0.05, 0) is 43.7 Å². The van der Waals surface area contributed by atoms with Crippen molar-refractivity contribution >= 4 is 40.2 Å². The van der Waals surface area contributed by atoms with Crippen LogP contribution in [0.15, 0.2) is 60.7 Å². The number of aromatic amines is 1. The minimum absolute atomic E-state index is 0.302. The fourth-order valence-electron chi connectivity index (χ4n) is 3.39. The molecule has 0 spiro atoms. The zero-order chi connectivity index (χ0) is 23.5. The van der Waals surface area contributed by atoms with Gasteiger partial charge in [-0.1, -0.05) is 41.9 Å². The molecular formula is C25H22ClN3O4. The maximum Gasteiger partial charge on any atom is 0.339 e.